The van der Waals surface area contributed by atoms with E-state index in [9.17, 15) is 0 Å². The van der Waals surface area contributed by atoms with Crippen LogP contribution in [0.25, 0.3) is 98.0 Å². The number of ether oxygens (including phenoxy) is 2. The predicted octanol–water partition coefficient (Wildman–Crippen LogP) is 29.0. The van der Waals surface area contributed by atoms with E-state index in [1.54, 1.807) is 14.2 Å². The fourth-order valence-corrected chi connectivity index (χ4v) is 14.0. The summed E-state index contributed by atoms with van der Waals surface area (Å²) in [6, 6.07) is 125. The number of nitrogens with zero attached hydrogens (tertiary/aromatic N) is 12. The minimum absolute atomic E-state index is 0.824. The molecule has 0 bridgehead atoms. The van der Waals surface area contributed by atoms with Crippen molar-refractivity contribution in [3.8, 4) is 44.9 Å². The summed E-state index contributed by atoms with van der Waals surface area (Å²) in [4.78, 5) is 2.37. The van der Waals surface area contributed by atoms with Crippen molar-refractivity contribution in [1.29, 1.82) is 5.53 Å². The lowest BCUT2D eigenvalue weighted by atomic mass is 9.91. The van der Waals surface area contributed by atoms with E-state index in [0.29, 0.717) is 0 Å². The average Bonchev–Trinajstić information content (AvgIpc) is 0.754. The van der Waals surface area contributed by atoms with E-state index in [1.807, 2.05) is 60.7 Å². The number of nitrogens with one attached hydrogen (secondary N) is 2. The molecule has 22 heteroatoms. The molecule has 0 unspecified atom stereocenters. The van der Waals surface area contributed by atoms with E-state index in [-0.39, 0.29) is 0 Å². The maximum atomic E-state index is 7.83. The van der Waals surface area contributed by atoms with Crippen molar-refractivity contribution in [2.45, 2.75) is 20.8 Å². The molecule has 0 spiro atoms. The lowest BCUT2D eigenvalue weighted by Gasteiger charge is -2.30. The van der Waals surface area contributed by atoms with Gasteiger partial charge < -0.3 is 31.3 Å². The summed E-state index contributed by atoms with van der Waals surface area (Å²) in [5, 5.41) is 49.9. The monoisotopic (exact) mass is 1680 g/mol. The second kappa shape index (κ2) is 43.1. The van der Waals surface area contributed by atoms with Crippen molar-refractivity contribution in [1.82, 2.24) is 0 Å². The molecule has 17 aromatic rings. The predicted molar refractivity (Wildman–Crippen MR) is 487 cm³/mol. The topological polar surface area (TPSA) is 263 Å². The van der Waals surface area contributed by atoms with Crippen LogP contribution in [0.5, 0.6) is 11.5 Å². The van der Waals surface area contributed by atoms with Crippen molar-refractivity contribution in [3.05, 3.63) is 384 Å². The molecule has 17 rings (SSSR count). The van der Waals surface area contributed by atoms with Crippen molar-refractivity contribution < 1.29 is 13.7 Å². The van der Waals surface area contributed by atoms with Crippen LogP contribution in [0.4, 0.5) is 34.1 Å². The summed E-state index contributed by atoms with van der Waals surface area (Å²) >= 11 is 9.55. The summed E-state index contributed by atoms with van der Waals surface area (Å²) in [6.45, 7) is 6.38. The van der Waals surface area contributed by atoms with Crippen LogP contribution < -0.4 is 31.3 Å². The number of nitrogens with two attached hydrogens (primary N) is 2. The molecule has 19 nitrogen and oxygen atoms in total. The highest BCUT2D eigenvalue weighted by Gasteiger charge is 2.23. The van der Waals surface area contributed by atoms with Crippen molar-refractivity contribution >= 4 is 143 Å². The number of hydrogen-bond acceptors (Lipinski definition) is 9. The first-order valence-electron chi connectivity index (χ1n) is 36.8. The molecular formula is C95H80Br2N16O3S. The lowest BCUT2D eigenvalue weighted by Crippen LogP contribution is -2.12. The van der Waals surface area contributed by atoms with Crippen molar-refractivity contribution in [2.24, 2.45) is 63.3 Å². The highest BCUT2D eigenvalue weighted by atomic mass is 79.9. The molecule has 0 amide bonds. The van der Waals surface area contributed by atoms with E-state index in [0.717, 1.165) is 55.7 Å². The third kappa shape index (κ3) is 21.7. The Hall–Kier alpha value is -14.3. The molecule has 0 aliphatic heterocycles. The Labute approximate surface area is 700 Å². The molecule has 117 heavy (non-hydrogen) atoms. The van der Waals surface area contributed by atoms with E-state index < -0.39 is 0 Å². The Balaban J connectivity index is 0.000000148. The van der Waals surface area contributed by atoms with Gasteiger partial charge in [0.2, 0.25) is 0 Å². The Morgan fingerprint density at radius 1 is 0.333 bits per heavy atom. The second-order valence-electron chi connectivity index (χ2n) is 25.9. The number of anilines is 6. The minimum atomic E-state index is 0.824. The van der Waals surface area contributed by atoms with E-state index in [2.05, 4.69) is 436 Å². The van der Waals surface area contributed by atoms with Crippen LogP contribution in [0, 0.1) is 26.3 Å². The van der Waals surface area contributed by atoms with Crippen molar-refractivity contribution in [3.63, 3.8) is 0 Å². The fourth-order valence-electron chi connectivity index (χ4n) is 13.4. The lowest BCUT2D eigenvalue weighted by molar-refractivity contribution is 0.414. The highest BCUT2D eigenvalue weighted by molar-refractivity contribution is 9.10. The first-order chi connectivity index (χ1) is 57.4. The number of nitrogen functional groups attached to an aromatic ring is 1. The SMILES string of the molecule is COc1ccc(Br)cc1.COc1ccc(N(c2ccccc2C)c2ccc3ccccc3c2-c2cccc3ccccc23)cc1.Cc1ccccc1Br.Cc1ccccc1Nc1ccc2ccccc2c1-c1cccc2ccccc12.N=N/N=N/N=N/N=N/N=N/N=N/N.Nc1ccc2ccccc2c1-c1cccc2ccccc12.O=S. The standard InChI is InChI=1S/C34H27NO.C27H21N.C20H15N.C7H7BrO.C7H7Br.H3N13.OS/c1-24-10-3-8-17-32(24)35(27-19-21-28(36-2)22-20-27)33-23-18-26-12-5-7-15-30(26)34(33)31-16-9-13-25-11-4-6-14-29(25)31;1-19-9-2-7-16-25(19)28-26-18-17-21-11-4-6-14-23(21)27(26)24-15-8-12-20-10-3-5-13-22(20)24;21-19-13-12-15-7-2-4-10-17(15)20(19)18-11-5-8-14-6-1-3-9-16(14)18;1-9-7-4-2-6(8)3-5-7;1-6-4-2-3-5-7(6)8;1-3-5-7-9-11-13-12-10-8-6-4-2;1-2/h3-23H,1-2H3;2-18,28H,1H3;1-13H,21H2;2-5H,1H3;2-5H,1H3;(H3,1,2,5,6,9,10,13);. The summed E-state index contributed by atoms with van der Waals surface area (Å²) in [7, 11) is 3.36. The fraction of sp³-hybridized carbons (Fsp3) is 0.0526. The third-order valence-corrected chi connectivity index (χ3v) is 20.3. The van der Waals surface area contributed by atoms with Gasteiger partial charge in [0.1, 0.15) is 11.5 Å². The molecule has 0 saturated carbocycles. The molecule has 0 aliphatic rings. The van der Waals surface area contributed by atoms with E-state index in [4.69, 9.17) is 24.9 Å². The summed E-state index contributed by atoms with van der Waals surface area (Å²) in [6.07, 6.45) is 0. The van der Waals surface area contributed by atoms with E-state index in [1.165, 1.54) is 114 Å². The zero-order valence-corrected chi connectivity index (χ0v) is 68.5. The summed E-state index contributed by atoms with van der Waals surface area (Å²) in [5.74, 6) is 6.29. The molecule has 6 N–H and O–H groups in total. The first-order valence-corrected chi connectivity index (χ1v) is 38.7. The number of para-hydroxylation sites is 2. The van der Waals surface area contributed by atoms with Gasteiger partial charge in [-0.3, -0.25) is 0 Å². The number of methoxy groups -OCH3 is 2. The average molecular weight is 1690 g/mol. The van der Waals surface area contributed by atoms with Gasteiger partial charge in [-0.1, -0.05) is 310 Å². The zero-order valence-electron chi connectivity index (χ0n) is 64.5. The van der Waals surface area contributed by atoms with Gasteiger partial charge in [-0.05, 0) is 256 Å². The normalized spacial score (nSPS) is 10.9. The number of aryl methyl sites for hydroxylation is 3. The number of benzene rings is 17. The summed E-state index contributed by atoms with van der Waals surface area (Å²) in [5.41, 5.74) is 29.9. The minimum Gasteiger partial charge on any atom is -0.497 e. The van der Waals surface area contributed by atoms with Gasteiger partial charge in [0.05, 0.1) is 19.9 Å². The Morgan fingerprint density at radius 2 is 0.701 bits per heavy atom. The van der Waals surface area contributed by atoms with Crippen molar-refractivity contribution in [2.75, 3.05) is 30.2 Å². The van der Waals surface area contributed by atoms with Crippen LogP contribution >= 0.6 is 31.9 Å². The largest absolute Gasteiger partial charge is 0.497 e. The molecule has 0 aliphatic carbocycles. The highest BCUT2D eigenvalue weighted by Crippen LogP contribution is 2.48. The maximum Gasteiger partial charge on any atom is 0.197 e. The molecule has 0 atom stereocenters. The van der Waals surface area contributed by atoms with Gasteiger partial charge in [-0.2, -0.15) is 9.74 Å². The van der Waals surface area contributed by atoms with Gasteiger partial charge in [0.25, 0.3) is 0 Å². The quantitative estimate of drug-likeness (QED) is 0.0331. The Morgan fingerprint density at radius 3 is 1.16 bits per heavy atom. The molecule has 0 aromatic heterocycles. The van der Waals surface area contributed by atoms with Crippen LogP contribution in [-0.4, -0.2) is 18.4 Å². The molecule has 17 aromatic carbocycles. The number of fused-ring (bicyclic) bond motifs is 6. The van der Waals surface area contributed by atoms with Gasteiger partial charge in [-0.25, -0.2) is 0 Å². The van der Waals surface area contributed by atoms with Gasteiger partial charge in [0.15, 0.2) is 12.5 Å². The van der Waals surface area contributed by atoms with Crippen LogP contribution in [0.2, 0.25) is 0 Å². The second-order valence-corrected chi connectivity index (χ2v) is 27.7. The smallest absolute Gasteiger partial charge is 0.197 e. The maximum absolute atomic E-state index is 7.83. The van der Waals surface area contributed by atoms with Gasteiger partial charge in [-0.15, -0.1) is 0 Å². The molecule has 0 saturated heterocycles. The Kier molecular flexibility index (Phi) is 30.8. The number of halogens is 2. The number of hydrogen-bond donors (Lipinski definition) is 4. The van der Waals surface area contributed by atoms with E-state index >= 15 is 0 Å². The van der Waals surface area contributed by atoms with Crippen LogP contribution in [0.3, 0.4) is 0 Å². The molecule has 578 valence electrons. The van der Waals surface area contributed by atoms with Crippen LogP contribution in [-0.2, 0) is 12.5 Å². The van der Waals surface area contributed by atoms with Crippen LogP contribution in [0.15, 0.2) is 424 Å². The first kappa shape index (κ1) is 83.6. The molecular weight excluding hydrogens is 1610 g/mol. The number of rotatable bonds is 15. The summed E-state index contributed by atoms with van der Waals surface area (Å²) < 4.78 is 20.5. The Bertz CT molecular complexity index is 6340. The van der Waals surface area contributed by atoms with Gasteiger partial charge >= 0.3 is 0 Å². The zero-order chi connectivity index (χ0) is 82.1. The third-order valence-electron chi connectivity index (χ3n) is 18.9. The molecule has 0 heterocycles. The van der Waals surface area contributed by atoms with Gasteiger partial charge in [0, 0.05) is 54.1 Å². The molecule has 0 fully saturated rings. The molecule has 0 radical (unpaired) electrons. The van der Waals surface area contributed by atoms with Crippen LogP contribution in [0.1, 0.15) is 16.7 Å².